The number of nitrogens with one attached hydrogen (secondary N) is 3. The number of hydrogen-bond donors (Lipinski definition) is 3. The van der Waals surface area contributed by atoms with Crippen molar-refractivity contribution in [3.05, 3.63) is 122 Å². The zero-order chi connectivity index (χ0) is 25.7. The van der Waals surface area contributed by atoms with E-state index < -0.39 is 0 Å². The molecule has 0 aliphatic carbocycles. The molecule has 9 nitrogen and oxygen atoms in total. The summed E-state index contributed by atoms with van der Waals surface area (Å²) in [6, 6.07) is 23.8. The molecular weight excluding hydrogens is 489 g/mol. The Balaban J connectivity index is 0.000000152. The van der Waals surface area contributed by atoms with Crippen LogP contribution < -0.4 is 32.0 Å². The number of rotatable bonds is 0. The second-order valence-electron chi connectivity index (χ2n) is 7.63. The van der Waals surface area contributed by atoms with Crippen molar-refractivity contribution in [1.82, 2.24) is 15.0 Å². The standard InChI is InChI=1S/3C9H7NO2.Al/c3*11-7-3-1-2-6-4-5-8(12)10-9(6)7;/h3*1-5,11H,(H,10,12);/q;;;+3/p-3. The van der Waals surface area contributed by atoms with E-state index in [0.717, 1.165) is 16.2 Å². The Morgan fingerprint density at radius 1 is 0.405 bits per heavy atom. The Morgan fingerprint density at radius 2 is 0.676 bits per heavy atom. The molecule has 0 saturated heterocycles. The molecule has 3 aromatic carbocycles. The maximum atomic E-state index is 11.2. The largest absolute Gasteiger partial charge is 3.00 e. The molecule has 0 saturated carbocycles. The molecule has 37 heavy (non-hydrogen) atoms. The second-order valence-corrected chi connectivity index (χ2v) is 7.63. The number of aromatic amines is 3. The first-order chi connectivity index (χ1) is 17.3. The van der Waals surface area contributed by atoms with Gasteiger partial charge in [0.05, 0.1) is 0 Å². The smallest absolute Gasteiger partial charge is 0.871 e. The van der Waals surface area contributed by atoms with E-state index in [1.165, 1.54) is 36.4 Å². The molecule has 3 aromatic heterocycles. The van der Waals surface area contributed by atoms with Crippen LogP contribution in [-0.2, 0) is 0 Å². The van der Waals surface area contributed by atoms with Gasteiger partial charge in [-0.05, 0) is 34.4 Å². The molecule has 0 fully saturated rings. The molecular formula is C27H18AlN3O6. The van der Waals surface area contributed by atoms with Gasteiger partial charge in [0.2, 0.25) is 16.7 Å². The van der Waals surface area contributed by atoms with Crippen molar-refractivity contribution in [2.75, 3.05) is 0 Å². The summed E-state index contributed by atoms with van der Waals surface area (Å²) in [7, 11) is 0. The molecule has 3 N–H and O–H groups in total. The van der Waals surface area contributed by atoms with Crippen LogP contribution >= 0.6 is 0 Å². The summed E-state index contributed by atoms with van der Waals surface area (Å²) in [6.07, 6.45) is 0. The summed E-state index contributed by atoms with van der Waals surface area (Å²) in [4.78, 5) is 40.0. The number of fused-ring (bicyclic) bond motifs is 3. The van der Waals surface area contributed by atoms with Gasteiger partial charge in [-0.15, -0.1) is 0 Å². The SMILES string of the molecule is O=c1ccc2cccc([O-])c2[nH]1.O=c1ccc2cccc([O-])c2[nH]1.O=c1ccc2cccc([O-])c2[nH]1.[Al+3]. The molecule has 0 amide bonds. The minimum atomic E-state index is -0.245. The Bertz CT molecular complexity index is 1640. The van der Waals surface area contributed by atoms with Crippen LogP contribution in [-0.4, -0.2) is 32.3 Å². The van der Waals surface area contributed by atoms with Gasteiger partial charge >= 0.3 is 17.4 Å². The van der Waals surface area contributed by atoms with Crippen molar-refractivity contribution >= 4 is 50.1 Å². The minimum Gasteiger partial charge on any atom is -0.871 e. The maximum absolute atomic E-state index is 11.2. The van der Waals surface area contributed by atoms with Gasteiger partial charge in [0.1, 0.15) is 0 Å². The minimum absolute atomic E-state index is 0. The summed E-state index contributed by atoms with van der Waals surface area (Å²) in [6.45, 7) is 0. The molecule has 0 bridgehead atoms. The molecule has 0 atom stereocenters. The fraction of sp³-hybridized carbons (Fsp3) is 0. The fourth-order valence-electron chi connectivity index (χ4n) is 3.45. The average Bonchev–Trinajstić information content (AvgIpc) is 2.87. The number of aromatic nitrogens is 3. The molecule has 0 spiro atoms. The van der Waals surface area contributed by atoms with E-state index in [2.05, 4.69) is 15.0 Å². The summed E-state index contributed by atoms with van der Waals surface area (Å²) >= 11 is 0. The number of H-pyrrole nitrogens is 3. The quantitative estimate of drug-likeness (QED) is 0.263. The molecule has 0 radical (unpaired) electrons. The van der Waals surface area contributed by atoms with E-state index >= 15 is 0 Å². The monoisotopic (exact) mass is 507 g/mol. The summed E-state index contributed by atoms with van der Waals surface area (Å²) < 4.78 is 0. The normalized spacial score (nSPS) is 10.1. The molecule has 3 heterocycles. The van der Waals surface area contributed by atoms with Crippen LogP contribution in [0.2, 0.25) is 0 Å². The first-order valence-corrected chi connectivity index (χ1v) is 10.7. The van der Waals surface area contributed by atoms with E-state index in [-0.39, 0.29) is 51.3 Å². The fourth-order valence-corrected chi connectivity index (χ4v) is 3.45. The van der Waals surface area contributed by atoms with Gasteiger partial charge in [-0.3, -0.25) is 14.4 Å². The van der Waals surface area contributed by atoms with Crippen molar-refractivity contribution < 1.29 is 15.3 Å². The molecule has 6 aromatic rings. The number of benzene rings is 3. The Kier molecular flexibility index (Phi) is 8.53. The Hall–Kier alpha value is -4.78. The second kappa shape index (κ2) is 11.8. The van der Waals surface area contributed by atoms with Crippen molar-refractivity contribution in [2.45, 2.75) is 0 Å². The molecule has 180 valence electrons. The molecule has 0 aliphatic rings. The van der Waals surface area contributed by atoms with Crippen LogP contribution in [0, 0.1) is 0 Å². The number of hydrogen-bond acceptors (Lipinski definition) is 6. The van der Waals surface area contributed by atoms with Crippen molar-refractivity contribution in [3.63, 3.8) is 0 Å². The van der Waals surface area contributed by atoms with E-state index in [9.17, 15) is 29.7 Å². The predicted octanol–water partition coefficient (Wildman–Crippen LogP) is 1.42. The average molecular weight is 507 g/mol. The number of pyridine rings is 3. The summed E-state index contributed by atoms with van der Waals surface area (Å²) in [5.41, 5.74) is 0.405. The zero-order valence-electron chi connectivity index (χ0n) is 19.2. The van der Waals surface area contributed by atoms with Crippen LogP contribution in [0.25, 0.3) is 32.7 Å². The third kappa shape index (κ3) is 6.46. The maximum Gasteiger partial charge on any atom is 3.00 e. The number of para-hydroxylation sites is 3. The molecule has 10 heteroatoms. The van der Waals surface area contributed by atoms with Gasteiger partial charge < -0.3 is 30.3 Å². The third-order valence-electron chi connectivity index (χ3n) is 5.16. The van der Waals surface area contributed by atoms with E-state index in [1.807, 2.05) is 0 Å². The molecule has 0 unspecified atom stereocenters. The van der Waals surface area contributed by atoms with Crippen molar-refractivity contribution in [3.8, 4) is 17.2 Å². The van der Waals surface area contributed by atoms with Crippen LogP contribution in [0.5, 0.6) is 17.2 Å². The van der Waals surface area contributed by atoms with Crippen molar-refractivity contribution in [1.29, 1.82) is 0 Å². The van der Waals surface area contributed by atoms with Gasteiger partial charge in [-0.2, -0.15) is 0 Å². The van der Waals surface area contributed by atoms with Gasteiger partial charge in [0.15, 0.2) is 0 Å². The van der Waals surface area contributed by atoms with Crippen LogP contribution in [0.3, 0.4) is 0 Å². The van der Waals surface area contributed by atoms with Crippen molar-refractivity contribution in [2.24, 2.45) is 0 Å². The first kappa shape index (κ1) is 26.8. The third-order valence-corrected chi connectivity index (χ3v) is 5.16. The zero-order valence-corrected chi connectivity index (χ0v) is 20.3. The molecule has 0 aliphatic heterocycles. The van der Waals surface area contributed by atoms with Crippen LogP contribution in [0.1, 0.15) is 0 Å². The van der Waals surface area contributed by atoms with Crippen LogP contribution in [0.4, 0.5) is 0 Å². The van der Waals surface area contributed by atoms with E-state index in [0.29, 0.717) is 16.6 Å². The summed E-state index contributed by atoms with van der Waals surface area (Å²) in [5, 5.41) is 35.8. The first-order valence-electron chi connectivity index (χ1n) is 10.7. The Morgan fingerprint density at radius 3 is 0.946 bits per heavy atom. The predicted molar refractivity (Wildman–Crippen MR) is 138 cm³/mol. The van der Waals surface area contributed by atoms with Gasteiger partial charge in [0, 0.05) is 34.7 Å². The van der Waals surface area contributed by atoms with E-state index in [4.69, 9.17) is 0 Å². The van der Waals surface area contributed by atoms with Gasteiger partial charge in [-0.1, -0.05) is 71.8 Å². The summed E-state index contributed by atoms with van der Waals surface area (Å²) in [5.74, 6) is -0.444. The Labute approximate surface area is 219 Å². The van der Waals surface area contributed by atoms with Gasteiger partial charge in [0.25, 0.3) is 0 Å². The van der Waals surface area contributed by atoms with E-state index in [1.54, 1.807) is 54.6 Å². The van der Waals surface area contributed by atoms with Gasteiger partial charge in [-0.25, -0.2) is 0 Å². The molecule has 6 rings (SSSR count). The van der Waals surface area contributed by atoms with Crippen LogP contribution in [0.15, 0.2) is 105 Å². The topological polar surface area (TPSA) is 168 Å².